The molecule has 0 aliphatic heterocycles. The first-order valence-corrected chi connectivity index (χ1v) is 8.58. The van der Waals surface area contributed by atoms with Crippen LogP contribution in [0.5, 0.6) is 5.75 Å². The second kappa shape index (κ2) is 7.66. The molecule has 5 nitrogen and oxygen atoms in total. The number of nitrogens with one attached hydrogen (secondary N) is 1. The summed E-state index contributed by atoms with van der Waals surface area (Å²) in [6.07, 6.45) is 3.55. The first-order chi connectivity index (χ1) is 13.3. The SMILES string of the molecule is COc1ccc(Nc2cc(-c3cccnc3)nc(-c3ccccc3)n2)cc1. The maximum absolute atomic E-state index is 5.21. The highest BCUT2D eigenvalue weighted by atomic mass is 16.5. The van der Waals surface area contributed by atoms with Crippen LogP contribution >= 0.6 is 0 Å². The third-order valence-electron chi connectivity index (χ3n) is 4.08. The molecule has 2 aromatic carbocycles. The monoisotopic (exact) mass is 354 g/mol. The normalized spacial score (nSPS) is 10.4. The number of pyridine rings is 1. The van der Waals surface area contributed by atoms with Crippen LogP contribution in [0.4, 0.5) is 11.5 Å². The molecule has 0 radical (unpaired) electrons. The highest BCUT2D eigenvalue weighted by Gasteiger charge is 2.09. The molecule has 0 aliphatic rings. The molecule has 5 heteroatoms. The van der Waals surface area contributed by atoms with Gasteiger partial charge in [-0.3, -0.25) is 4.98 Å². The molecule has 0 aliphatic carbocycles. The number of ether oxygens (including phenoxy) is 1. The van der Waals surface area contributed by atoms with Gasteiger partial charge in [0, 0.05) is 35.3 Å². The van der Waals surface area contributed by atoms with E-state index in [-0.39, 0.29) is 0 Å². The summed E-state index contributed by atoms with van der Waals surface area (Å²) in [5, 5.41) is 3.35. The van der Waals surface area contributed by atoms with Crippen LogP contribution in [0.25, 0.3) is 22.6 Å². The van der Waals surface area contributed by atoms with Gasteiger partial charge in [0.2, 0.25) is 0 Å². The van der Waals surface area contributed by atoms with Crippen LogP contribution < -0.4 is 10.1 Å². The fraction of sp³-hybridized carbons (Fsp3) is 0.0455. The molecule has 0 saturated heterocycles. The van der Waals surface area contributed by atoms with Crippen molar-refractivity contribution in [3.63, 3.8) is 0 Å². The Morgan fingerprint density at radius 1 is 0.815 bits per heavy atom. The van der Waals surface area contributed by atoms with E-state index in [2.05, 4.69) is 10.3 Å². The molecule has 0 saturated carbocycles. The maximum Gasteiger partial charge on any atom is 0.162 e. The summed E-state index contributed by atoms with van der Waals surface area (Å²) in [4.78, 5) is 13.6. The van der Waals surface area contributed by atoms with Crippen LogP contribution in [-0.2, 0) is 0 Å². The maximum atomic E-state index is 5.21. The van der Waals surface area contributed by atoms with Crippen molar-refractivity contribution in [3.05, 3.63) is 85.2 Å². The van der Waals surface area contributed by atoms with Crippen molar-refractivity contribution in [2.75, 3.05) is 12.4 Å². The van der Waals surface area contributed by atoms with Crippen molar-refractivity contribution in [2.45, 2.75) is 0 Å². The highest BCUT2D eigenvalue weighted by Crippen LogP contribution is 2.26. The summed E-state index contributed by atoms with van der Waals surface area (Å²) in [6.45, 7) is 0. The topological polar surface area (TPSA) is 59.9 Å². The molecule has 0 amide bonds. The minimum Gasteiger partial charge on any atom is -0.497 e. The Hall–Kier alpha value is -3.73. The standard InChI is InChI=1S/C22H18N4O/c1-27-19-11-9-18(10-12-19)24-21-14-20(17-8-5-13-23-15-17)25-22(26-21)16-6-3-2-4-7-16/h2-15H,1H3,(H,24,25,26). The van der Waals surface area contributed by atoms with Crippen molar-refractivity contribution in [1.82, 2.24) is 15.0 Å². The molecule has 0 fully saturated rings. The van der Waals surface area contributed by atoms with Crippen molar-refractivity contribution in [1.29, 1.82) is 0 Å². The summed E-state index contributed by atoms with van der Waals surface area (Å²) in [7, 11) is 1.65. The van der Waals surface area contributed by atoms with Crippen molar-refractivity contribution in [3.8, 4) is 28.4 Å². The lowest BCUT2D eigenvalue weighted by molar-refractivity contribution is 0.415. The first-order valence-electron chi connectivity index (χ1n) is 8.58. The summed E-state index contributed by atoms with van der Waals surface area (Å²) in [6, 6.07) is 23.5. The van der Waals surface area contributed by atoms with Gasteiger partial charge in [0.05, 0.1) is 12.8 Å². The fourth-order valence-electron chi connectivity index (χ4n) is 2.71. The molecular weight excluding hydrogens is 336 g/mol. The zero-order chi connectivity index (χ0) is 18.5. The lowest BCUT2D eigenvalue weighted by atomic mass is 10.1. The van der Waals surface area contributed by atoms with Gasteiger partial charge in [0.1, 0.15) is 11.6 Å². The van der Waals surface area contributed by atoms with Gasteiger partial charge in [0.25, 0.3) is 0 Å². The van der Waals surface area contributed by atoms with Crippen LogP contribution in [0.2, 0.25) is 0 Å². The van der Waals surface area contributed by atoms with Crippen LogP contribution in [0.3, 0.4) is 0 Å². The molecular formula is C22H18N4O. The average molecular weight is 354 g/mol. The number of rotatable bonds is 5. The summed E-state index contributed by atoms with van der Waals surface area (Å²) >= 11 is 0. The van der Waals surface area contributed by atoms with E-state index in [1.54, 1.807) is 19.5 Å². The van der Waals surface area contributed by atoms with Crippen LogP contribution in [0, 0.1) is 0 Å². The van der Waals surface area contributed by atoms with E-state index in [1.165, 1.54) is 0 Å². The molecule has 2 heterocycles. The molecule has 132 valence electrons. The second-order valence-corrected chi connectivity index (χ2v) is 5.92. The fourth-order valence-corrected chi connectivity index (χ4v) is 2.71. The van der Waals surface area contributed by atoms with Crippen LogP contribution in [0.1, 0.15) is 0 Å². The number of aromatic nitrogens is 3. The Morgan fingerprint density at radius 3 is 2.30 bits per heavy atom. The quantitative estimate of drug-likeness (QED) is 0.549. The van der Waals surface area contributed by atoms with Crippen molar-refractivity contribution in [2.24, 2.45) is 0 Å². The lowest BCUT2D eigenvalue weighted by Crippen LogP contribution is -1.99. The van der Waals surface area contributed by atoms with Crippen molar-refractivity contribution < 1.29 is 4.74 Å². The van der Waals surface area contributed by atoms with E-state index in [9.17, 15) is 0 Å². The number of methoxy groups -OCH3 is 1. The Balaban J connectivity index is 1.75. The van der Waals surface area contributed by atoms with E-state index >= 15 is 0 Å². The van der Waals surface area contributed by atoms with E-state index in [4.69, 9.17) is 14.7 Å². The van der Waals surface area contributed by atoms with Crippen LogP contribution in [-0.4, -0.2) is 22.1 Å². The molecule has 4 aromatic rings. The third-order valence-corrected chi connectivity index (χ3v) is 4.08. The Bertz CT molecular complexity index is 961. The zero-order valence-corrected chi connectivity index (χ0v) is 14.8. The molecule has 2 aromatic heterocycles. The van der Waals surface area contributed by atoms with Gasteiger partial charge in [-0.25, -0.2) is 9.97 Å². The van der Waals surface area contributed by atoms with Gasteiger partial charge in [-0.05, 0) is 36.4 Å². The molecule has 27 heavy (non-hydrogen) atoms. The van der Waals surface area contributed by atoms with E-state index in [1.807, 2.05) is 72.8 Å². The van der Waals surface area contributed by atoms with Gasteiger partial charge in [-0.2, -0.15) is 0 Å². The summed E-state index contributed by atoms with van der Waals surface area (Å²) in [5.74, 6) is 2.19. The molecule has 0 unspecified atom stereocenters. The van der Waals surface area contributed by atoms with Crippen molar-refractivity contribution >= 4 is 11.5 Å². The van der Waals surface area contributed by atoms with Gasteiger partial charge < -0.3 is 10.1 Å². The van der Waals surface area contributed by atoms with Gasteiger partial charge in [-0.1, -0.05) is 30.3 Å². The predicted octanol–water partition coefficient (Wildman–Crippen LogP) is 4.96. The first kappa shape index (κ1) is 16.7. The van der Waals surface area contributed by atoms with E-state index in [0.717, 1.165) is 28.3 Å². The number of benzene rings is 2. The lowest BCUT2D eigenvalue weighted by Gasteiger charge is -2.11. The zero-order valence-electron chi connectivity index (χ0n) is 14.8. The average Bonchev–Trinajstić information content (AvgIpc) is 2.75. The van der Waals surface area contributed by atoms with Crippen LogP contribution in [0.15, 0.2) is 85.2 Å². The minimum absolute atomic E-state index is 0.660. The molecule has 0 bridgehead atoms. The summed E-state index contributed by atoms with van der Waals surface area (Å²) < 4.78 is 5.21. The molecule has 0 spiro atoms. The second-order valence-electron chi connectivity index (χ2n) is 5.92. The van der Waals surface area contributed by atoms with E-state index < -0.39 is 0 Å². The molecule has 1 N–H and O–H groups in total. The minimum atomic E-state index is 0.660. The third kappa shape index (κ3) is 3.93. The van der Waals surface area contributed by atoms with Gasteiger partial charge >= 0.3 is 0 Å². The summed E-state index contributed by atoms with van der Waals surface area (Å²) in [5.41, 5.74) is 3.63. The number of nitrogens with zero attached hydrogens (tertiary/aromatic N) is 3. The molecule has 0 atom stereocenters. The van der Waals surface area contributed by atoms with Gasteiger partial charge in [0.15, 0.2) is 5.82 Å². The Labute approximate surface area is 157 Å². The Morgan fingerprint density at radius 2 is 1.59 bits per heavy atom. The smallest absolute Gasteiger partial charge is 0.162 e. The largest absolute Gasteiger partial charge is 0.497 e. The molecule has 4 rings (SSSR count). The number of anilines is 2. The highest BCUT2D eigenvalue weighted by molar-refractivity contribution is 5.69. The van der Waals surface area contributed by atoms with E-state index in [0.29, 0.717) is 11.6 Å². The number of hydrogen-bond acceptors (Lipinski definition) is 5. The van der Waals surface area contributed by atoms with Gasteiger partial charge in [-0.15, -0.1) is 0 Å². The number of hydrogen-bond donors (Lipinski definition) is 1. The predicted molar refractivity (Wildman–Crippen MR) is 107 cm³/mol. The Kier molecular flexibility index (Phi) is 4.74.